The Morgan fingerprint density at radius 2 is 1.94 bits per heavy atom. The number of ether oxygens (including phenoxy) is 1. The van der Waals surface area contributed by atoms with Crippen LogP contribution in [0.2, 0.25) is 0 Å². The molecule has 4 amide bonds. The van der Waals surface area contributed by atoms with Crippen LogP contribution in [-0.4, -0.2) is 80.1 Å². The fourth-order valence-corrected chi connectivity index (χ4v) is 5.92. The van der Waals surface area contributed by atoms with Gasteiger partial charge in [-0.3, -0.25) is 18.7 Å². The Balaban J connectivity index is 1.26. The van der Waals surface area contributed by atoms with E-state index in [1.165, 1.54) is 21.6 Å². The Bertz CT molecular complexity index is 1990. The van der Waals surface area contributed by atoms with Crippen LogP contribution in [-0.2, 0) is 20.9 Å². The van der Waals surface area contributed by atoms with Gasteiger partial charge in [0.05, 0.1) is 29.1 Å². The van der Waals surface area contributed by atoms with Crippen LogP contribution in [0.4, 0.5) is 20.6 Å². The number of hydrogen-bond donors (Lipinski definition) is 2. The molecule has 47 heavy (non-hydrogen) atoms. The number of rotatable bonds is 8. The number of amides is 4. The molecule has 1 aromatic heterocycles. The van der Waals surface area contributed by atoms with Crippen LogP contribution >= 0.6 is 0 Å². The van der Waals surface area contributed by atoms with Crippen LogP contribution in [0, 0.1) is 23.1 Å². The van der Waals surface area contributed by atoms with E-state index in [2.05, 4.69) is 10.4 Å². The van der Waals surface area contributed by atoms with E-state index in [0.29, 0.717) is 29.1 Å². The van der Waals surface area contributed by atoms with Crippen molar-refractivity contribution in [2.75, 3.05) is 31.6 Å². The molecular formula is C31H33FN9O6+. The summed E-state index contributed by atoms with van der Waals surface area (Å²) in [6.45, 7) is 3.76. The Kier molecular flexibility index (Phi) is 8.43. The maximum Gasteiger partial charge on any atom is 0.436 e. The molecule has 2 aromatic carbocycles. The van der Waals surface area contributed by atoms with E-state index in [1.807, 2.05) is 13.8 Å². The van der Waals surface area contributed by atoms with E-state index in [1.54, 1.807) is 33.7 Å². The molecule has 2 atom stereocenters. The highest BCUT2D eigenvalue weighted by Crippen LogP contribution is 2.30. The number of halogens is 1. The van der Waals surface area contributed by atoms with Gasteiger partial charge in [0.2, 0.25) is 11.6 Å². The number of anilines is 1. The summed E-state index contributed by atoms with van der Waals surface area (Å²) in [4.78, 5) is 68.3. The zero-order valence-corrected chi connectivity index (χ0v) is 25.8. The van der Waals surface area contributed by atoms with Crippen molar-refractivity contribution in [1.29, 1.82) is 5.26 Å². The number of carbonyl (C=O) groups excluding carboxylic acids is 3. The van der Waals surface area contributed by atoms with Crippen molar-refractivity contribution in [3.05, 3.63) is 68.6 Å². The quantitative estimate of drug-likeness (QED) is 0.347. The van der Waals surface area contributed by atoms with Crippen LogP contribution in [0.5, 0.6) is 0 Å². The number of carbonyl (C=O) groups is 3. The van der Waals surface area contributed by atoms with Crippen LogP contribution < -0.4 is 22.3 Å². The van der Waals surface area contributed by atoms with Crippen LogP contribution in [0.3, 0.4) is 0 Å². The normalized spacial score (nSPS) is 19.8. The molecule has 1 saturated carbocycles. The lowest BCUT2D eigenvalue weighted by molar-refractivity contribution is -0.468. The summed E-state index contributed by atoms with van der Waals surface area (Å²) in [5.41, 5.74) is 5.09. The molecule has 0 radical (unpaired) electrons. The zero-order chi connectivity index (χ0) is 33.6. The highest BCUT2D eigenvalue weighted by Gasteiger charge is 2.50. The molecule has 3 aromatic rings. The molecule has 3 N–H and O–H groups in total. The molecular weight excluding hydrogens is 613 g/mol. The number of aromatic nitrogens is 2. The number of piperazine rings is 1. The van der Waals surface area contributed by atoms with Crippen molar-refractivity contribution in [3.8, 4) is 6.07 Å². The SMILES string of the molecule is CC(C)n1c(=O)n(CC2CC2)c(=O)c2cc(NC(=O)N3CCN4C(OCC(N)=O)N=[N+](c5ccc(C#N)c(F)c5)C(=O)C4C3)ccc21. The second-order valence-corrected chi connectivity index (χ2v) is 12.1. The minimum atomic E-state index is -1.15. The number of nitrogens with one attached hydrogen (secondary N) is 1. The molecule has 3 aliphatic rings. The molecule has 16 heteroatoms. The fraction of sp³-hybridized carbons (Fsp3) is 0.419. The van der Waals surface area contributed by atoms with Gasteiger partial charge in [-0.1, -0.05) is 0 Å². The van der Waals surface area contributed by atoms with Gasteiger partial charge in [-0.15, -0.1) is 0 Å². The van der Waals surface area contributed by atoms with Crippen molar-refractivity contribution in [2.45, 2.75) is 51.7 Å². The van der Waals surface area contributed by atoms with E-state index in [0.717, 1.165) is 23.6 Å². The highest BCUT2D eigenvalue weighted by molar-refractivity contribution is 5.93. The lowest BCUT2D eigenvalue weighted by Gasteiger charge is -2.41. The van der Waals surface area contributed by atoms with Crippen LogP contribution in [0.1, 0.15) is 38.3 Å². The van der Waals surface area contributed by atoms with E-state index >= 15 is 0 Å². The largest absolute Gasteiger partial charge is 0.436 e. The predicted molar refractivity (Wildman–Crippen MR) is 164 cm³/mol. The first kappa shape index (κ1) is 31.7. The van der Waals surface area contributed by atoms with Crippen molar-refractivity contribution in [1.82, 2.24) is 18.9 Å². The van der Waals surface area contributed by atoms with Gasteiger partial charge in [-0.25, -0.2) is 23.7 Å². The minimum Gasteiger partial charge on any atom is -0.368 e. The highest BCUT2D eigenvalue weighted by atomic mass is 19.1. The number of urea groups is 1. The molecule has 2 fully saturated rings. The predicted octanol–water partition coefficient (Wildman–Crippen LogP) is 1.81. The smallest absolute Gasteiger partial charge is 0.368 e. The molecule has 244 valence electrons. The summed E-state index contributed by atoms with van der Waals surface area (Å²) in [6.07, 6.45) is 0.783. The molecule has 15 nitrogen and oxygen atoms in total. The van der Waals surface area contributed by atoms with Gasteiger partial charge in [0, 0.05) is 42.5 Å². The van der Waals surface area contributed by atoms with Crippen molar-refractivity contribution >= 4 is 40.1 Å². The third-order valence-corrected chi connectivity index (χ3v) is 8.47. The van der Waals surface area contributed by atoms with Gasteiger partial charge in [-0.05, 0) is 61.6 Å². The van der Waals surface area contributed by atoms with Gasteiger partial charge < -0.3 is 20.7 Å². The first-order chi connectivity index (χ1) is 22.5. The van der Waals surface area contributed by atoms with E-state index in [9.17, 15) is 28.4 Å². The Labute approximate surface area is 267 Å². The van der Waals surface area contributed by atoms with E-state index < -0.39 is 48.2 Å². The monoisotopic (exact) mass is 646 g/mol. The Morgan fingerprint density at radius 1 is 1.17 bits per heavy atom. The summed E-state index contributed by atoms with van der Waals surface area (Å²) in [6, 6.07) is 8.33. The maximum absolute atomic E-state index is 14.5. The number of nitrogens with zero attached hydrogens (tertiary/aromatic N) is 7. The van der Waals surface area contributed by atoms with Gasteiger partial charge in [0.25, 0.3) is 11.9 Å². The minimum absolute atomic E-state index is 0.0313. The topological polar surface area (TPSA) is 188 Å². The number of azo groups is 2. The van der Waals surface area contributed by atoms with Crippen molar-refractivity contribution < 1.29 is 28.2 Å². The molecule has 1 saturated heterocycles. The second-order valence-electron chi connectivity index (χ2n) is 12.1. The van der Waals surface area contributed by atoms with Gasteiger partial charge in [0.15, 0.2) is 6.04 Å². The zero-order valence-electron chi connectivity index (χ0n) is 25.8. The summed E-state index contributed by atoms with van der Waals surface area (Å²) in [7, 11) is 0. The van der Waals surface area contributed by atoms with E-state index in [4.69, 9.17) is 15.7 Å². The average molecular weight is 647 g/mol. The lowest BCUT2D eigenvalue weighted by Crippen LogP contribution is -2.64. The third kappa shape index (κ3) is 6.14. The molecule has 6 rings (SSSR count). The fourth-order valence-electron chi connectivity index (χ4n) is 5.92. The molecule has 0 bridgehead atoms. The average Bonchev–Trinajstić information content (AvgIpc) is 3.87. The number of nitrogens with two attached hydrogens (primary N) is 1. The maximum atomic E-state index is 14.5. The van der Waals surface area contributed by atoms with Crippen LogP contribution in [0.25, 0.3) is 10.9 Å². The Hall–Kier alpha value is -5.27. The van der Waals surface area contributed by atoms with Gasteiger partial charge in [-0.2, -0.15) is 5.26 Å². The summed E-state index contributed by atoms with van der Waals surface area (Å²) < 4.78 is 23.8. The first-order valence-electron chi connectivity index (χ1n) is 15.2. The first-order valence-corrected chi connectivity index (χ1v) is 15.2. The summed E-state index contributed by atoms with van der Waals surface area (Å²) in [5.74, 6) is -1.90. The summed E-state index contributed by atoms with van der Waals surface area (Å²) in [5, 5.41) is 16.5. The van der Waals surface area contributed by atoms with Gasteiger partial charge >= 0.3 is 17.6 Å². The van der Waals surface area contributed by atoms with Crippen molar-refractivity contribution in [2.24, 2.45) is 16.8 Å². The molecule has 2 unspecified atom stereocenters. The summed E-state index contributed by atoms with van der Waals surface area (Å²) >= 11 is 0. The molecule has 0 spiro atoms. The molecule has 1 aliphatic carbocycles. The molecule has 2 aliphatic heterocycles. The Morgan fingerprint density at radius 3 is 2.60 bits per heavy atom. The molecule has 3 heterocycles. The second kappa shape index (κ2) is 12.5. The number of primary amides is 1. The number of nitriles is 1. The van der Waals surface area contributed by atoms with E-state index in [-0.39, 0.29) is 42.6 Å². The number of benzene rings is 2. The van der Waals surface area contributed by atoms with Crippen LogP contribution in [0.15, 0.2) is 51.1 Å². The number of hydrogen-bond acceptors (Lipinski definition) is 9. The lowest BCUT2D eigenvalue weighted by atomic mass is 10.1. The third-order valence-electron chi connectivity index (χ3n) is 8.47. The standard InChI is InChI=1S/C31H32FN9O6/c1-17(2)40-24-8-6-20(11-22(24)27(43)39(31(40)46)14-18-3-4-18)35-29(45)37-9-10-38-25(15-37)28(44)41(36-30(38)47-16-26(34)42)21-7-5-19(13-33)23(32)12-21/h5-8,11-12,17-18,25,30H,3-4,9-10,14-16H2,1-2H3,(H2-,34,35,42,45)/p+1. The number of fused-ring (bicyclic) bond motifs is 2. The van der Waals surface area contributed by atoms with Crippen molar-refractivity contribution in [3.63, 3.8) is 0 Å². The van der Waals surface area contributed by atoms with Gasteiger partial charge in [0.1, 0.15) is 18.5 Å².